The van der Waals surface area contributed by atoms with Gasteiger partial charge in [-0.15, -0.1) is 11.3 Å². The minimum atomic E-state index is -3.59. The highest BCUT2D eigenvalue weighted by Crippen LogP contribution is 2.28. The Morgan fingerprint density at radius 3 is 2.79 bits per heavy atom. The molecule has 1 aromatic carbocycles. The molecule has 0 bridgehead atoms. The monoisotopic (exact) mass is 456 g/mol. The standard InChI is InChI=1S/C19H21ClN2O5S2/c1-2-27-19(24)13-7-8-16(15(20)11-13)21-18(23)14-5-3-9-22(12-14)29(25,26)17-6-4-10-28-17/h4,6-8,10-11,14H,2-3,5,9,12H2,1H3,(H,21,23)/t14-/m1/s1. The summed E-state index contributed by atoms with van der Waals surface area (Å²) in [5.41, 5.74) is 0.656. The number of esters is 1. The van der Waals surface area contributed by atoms with Crippen molar-refractivity contribution in [3.05, 3.63) is 46.3 Å². The molecule has 0 spiro atoms. The van der Waals surface area contributed by atoms with Crippen LogP contribution in [-0.4, -0.2) is 44.3 Å². The molecule has 1 atom stereocenters. The van der Waals surface area contributed by atoms with Crippen LogP contribution in [0.1, 0.15) is 30.1 Å². The van der Waals surface area contributed by atoms with Gasteiger partial charge >= 0.3 is 5.97 Å². The normalized spacial score (nSPS) is 17.7. The zero-order chi connectivity index (χ0) is 21.0. The van der Waals surface area contributed by atoms with Gasteiger partial charge in [0.05, 0.1) is 28.8 Å². The number of piperidine rings is 1. The molecule has 1 aliphatic heterocycles. The van der Waals surface area contributed by atoms with Gasteiger partial charge in [-0.3, -0.25) is 4.79 Å². The number of amides is 1. The molecule has 29 heavy (non-hydrogen) atoms. The molecular formula is C19H21ClN2O5S2. The number of rotatable bonds is 6. The van der Waals surface area contributed by atoms with E-state index in [-0.39, 0.29) is 28.3 Å². The molecule has 1 fully saturated rings. The van der Waals surface area contributed by atoms with Crippen molar-refractivity contribution in [3.8, 4) is 0 Å². The minimum absolute atomic E-state index is 0.116. The van der Waals surface area contributed by atoms with E-state index in [1.54, 1.807) is 24.4 Å². The van der Waals surface area contributed by atoms with E-state index in [1.165, 1.54) is 22.5 Å². The van der Waals surface area contributed by atoms with Crippen LogP contribution in [0.15, 0.2) is 39.9 Å². The summed E-state index contributed by atoms with van der Waals surface area (Å²) in [6.45, 7) is 2.46. The Hall–Kier alpha value is -1.94. The van der Waals surface area contributed by atoms with E-state index in [0.717, 1.165) is 11.3 Å². The number of carbonyl (C=O) groups is 2. The third kappa shape index (κ3) is 4.98. The second-order valence-electron chi connectivity index (χ2n) is 6.54. The number of sulfonamides is 1. The largest absolute Gasteiger partial charge is 0.462 e. The molecule has 3 rings (SSSR count). The molecule has 0 unspecified atom stereocenters. The molecule has 0 saturated carbocycles. The number of ether oxygens (including phenoxy) is 1. The number of hydrogen-bond donors (Lipinski definition) is 1. The van der Waals surface area contributed by atoms with Crippen molar-refractivity contribution >= 4 is 50.5 Å². The quantitative estimate of drug-likeness (QED) is 0.670. The van der Waals surface area contributed by atoms with Crippen LogP contribution < -0.4 is 5.32 Å². The fraction of sp³-hybridized carbons (Fsp3) is 0.368. The highest BCUT2D eigenvalue weighted by atomic mass is 35.5. The van der Waals surface area contributed by atoms with E-state index in [9.17, 15) is 18.0 Å². The first-order chi connectivity index (χ1) is 13.8. The average molecular weight is 457 g/mol. The molecule has 0 radical (unpaired) electrons. The maximum atomic E-state index is 12.7. The van der Waals surface area contributed by atoms with Gasteiger partial charge in [0.15, 0.2) is 0 Å². The summed E-state index contributed by atoms with van der Waals surface area (Å²) < 4.78 is 32.0. The van der Waals surface area contributed by atoms with Crippen LogP contribution in [0.4, 0.5) is 5.69 Å². The van der Waals surface area contributed by atoms with Gasteiger partial charge in [0, 0.05) is 13.1 Å². The van der Waals surface area contributed by atoms with Crippen molar-refractivity contribution in [3.63, 3.8) is 0 Å². The van der Waals surface area contributed by atoms with Crippen molar-refractivity contribution in [1.82, 2.24) is 4.31 Å². The summed E-state index contributed by atoms with van der Waals surface area (Å²) in [5.74, 6) is -1.28. The summed E-state index contributed by atoms with van der Waals surface area (Å²) in [5, 5.41) is 4.67. The molecule has 1 aromatic heterocycles. The maximum absolute atomic E-state index is 12.7. The number of nitrogens with zero attached hydrogens (tertiary/aromatic N) is 1. The molecular weight excluding hydrogens is 436 g/mol. The summed E-state index contributed by atoms with van der Waals surface area (Å²) in [4.78, 5) is 24.5. The van der Waals surface area contributed by atoms with Crippen LogP contribution in [0.3, 0.4) is 0 Å². The lowest BCUT2D eigenvalue weighted by molar-refractivity contribution is -0.120. The predicted molar refractivity (Wildman–Crippen MR) is 112 cm³/mol. The number of halogens is 1. The summed E-state index contributed by atoms with van der Waals surface area (Å²) in [7, 11) is -3.59. The summed E-state index contributed by atoms with van der Waals surface area (Å²) >= 11 is 7.36. The van der Waals surface area contributed by atoms with E-state index < -0.39 is 21.9 Å². The molecule has 2 aromatic rings. The lowest BCUT2D eigenvalue weighted by Crippen LogP contribution is -2.43. The number of benzene rings is 1. The van der Waals surface area contributed by atoms with Crippen molar-refractivity contribution in [2.24, 2.45) is 5.92 Å². The third-order valence-corrected chi connectivity index (χ3v) is 8.13. The van der Waals surface area contributed by atoms with Crippen LogP contribution >= 0.6 is 22.9 Å². The molecule has 1 aliphatic rings. The Morgan fingerprint density at radius 1 is 1.34 bits per heavy atom. The van der Waals surface area contributed by atoms with Crippen LogP contribution in [0.25, 0.3) is 0 Å². The number of anilines is 1. The van der Waals surface area contributed by atoms with Crippen molar-refractivity contribution in [2.75, 3.05) is 25.0 Å². The van der Waals surface area contributed by atoms with Gasteiger partial charge in [0.25, 0.3) is 10.0 Å². The van der Waals surface area contributed by atoms with Crippen molar-refractivity contribution in [1.29, 1.82) is 0 Å². The Bertz CT molecular complexity index is 992. The molecule has 2 heterocycles. The molecule has 10 heteroatoms. The van der Waals surface area contributed by atoms with Crippen LogP contribution in [0, 0.1) is 5.92 Å². The SMILES string of the molecule is CCOC(=O)c1ccc(NC(=O)[C@@H]2CCCN(S(=O)(=O)c3cccs3)C2)c(Cl)c1. The van der Waals surface area contributed by atoms with E-state index in [2.05, 4.69) is 5.32 Å². The highest BCUT2D eigenvalue weighted by Gasteiger charge is 2.34. The highest BCUT2D eigenvalue weighted by molar-refractivity contribution is 7.91. The Kier molecular flexibility index (Phi) is 6.94. The fourth-order valence-electron chi connectivity index (χ4n) is 3.10. The summed E-state index contributed by atoms with van der Waals surface area (Å²) in [6, 6.07) is 7.75. The lowest BCUT2D eigenvalue weighted by Gasteiger charge is -2.30. The zero-order valence-electron chi connectivity index (χ0n) is 15.8. The number of carbonyl (C=O) groups excluding carboxylic acids is 2. The first kappa shape index (κ1) is 21.8. The zero-order valence-corrected chi connectivity index (χ0v) is 18.1. The first-order valence-electron chi connectivity index (χ1n) is 9.14. The molecule has 0 aliphatic carbocycles. The second-order valence-corrected chi connectivity index (χ2v) is 10.1. The molecule has 1 N–H and O–H groups in total. The van der Waals surface area contributed by atoms with Gasteiger partial charge in [0.2, 0.25) is 5.91 Å². The predicted octanol–water partition coefficient (Wildman–Crippen LogP) is 3.62. The van der Waals surface area contributed by atoms with Crippen LogP contribution in [0.2, 0.25) is 5.02 Å². The van der Waals surface area contributed by atoms with Gasteiger partial charge in [-0.2, -0.15) is 4.31 Å². The second kappa shape index (κ2) is 9.25. The fourth-order valence-corrected chi connectivity index (χ4v) is 6.00. The van der Waals surface area contributed by atoms with Gasteiger partial charge in [-0.25, -0.2) is 13.2 Å². The molecule has 7 nitrogen and oxygen atoms in total. The Labute approximate surface area is 178 Å². The average Bonchev–Trinajstić information content (AvgIpc) is 3.25. The summed E-state index contributed by atoms with van der Waals surface area (Å²) in [6.07, 6.45) is 1.18. The topological polar surface area (TPSA) is 92.8 Å². The smallest absolute Gasteiger partial charge is 0.338 e. The van der Waals surface area contributed by atoms with Crippen molar-refractivity contribution < 1.29 is 22.7 Å². The molecule has 1 saturated heterocycles. The number of nitrogens with one attached hydrogen (secondary N) is 1. The number of thiophene rings is 1. The van der Waals surface area contributed by atoms with E-state index >= 15 is 0 Å². The van der Waals surface area contributed by atoms with Gasteiger partial charge < -0.3 is 10.1 Å². The van der Waals surface area contributed by atoms with Gasteiger partial charge in [-0.05, 0) is 49.4 Å². The van der Waals surface area contributed by atoms with Gasteiger partial charge in [0.1, 0.15) is 4.21 Å². The van der Waals surface area contributed by atoms with E-state index in [4.69, 9.17) is 16.3 Å². The Balaban J connectivity index is 1.68. The molecule has 156 valence electrons. The molecule has 1 amide bonds. The van der Waals surface area contributed by atoms with Crippen molar-refractivity contribution in [2.45, 2.75) is 24.0 Å². The third-order valence-electron chi connectivity index (χ3n) is 4.58. The Morgan fingerprint density at radius 2 is 2.14 bits per heavy atom. The maximum Gasteiger partial charge on any atom is 0.338 e. The number of hydrogen-bond acceptors (Lipinski definition) is 6. The van der Waals surface area contributed by atoms with Crippen LogP contribution in [-0.2, 0) is 19.6 Å². The van der Waals surface area contributed by atoms with Gasteiger partial charge in [-0.1, -0.05) is 17.7 Å². The van der Waals surface area contributed by atoms with E-state index in [1.807, 2.05) is 0 Å². The first-order valence-corrected chi connectivity index (χ1v) is 11.8. The minimum Gasteiger partial charge on any atom is -0.462 e. The van der Waals surface area contributed by atoms with Crippen LogP contribution in [0.5, 0.6) is 0 Å². The van der Waals surface area contributed by atoms with E-state index in [0.29, 0.717) is 30.6 Å². The lowest BCUT2D eigenvalue weighted by atomic mass is 9.98.